The quantitative estimate of drug-likeness (QED) is 0.790. The van der Waals surface area contributed by atoms with E-state index >= 15 is 0 Å². The van der Waals surface area contributed by atoms with Gasteiger partial charge in [0.15, 0.2) is 0 Å². The molecule has 0 saturated carbocycles. The molecule has 1 N–H and O–H groups in total. The fraction of sp³-hybridized carbons (Fsp3) is 0.615. The summed E-state index contributed by atoms with van der Waals surface area (Å²) in [7, 11) is 2.04. The van der Waals surface area contributed by atoms with E-state index in [1.54, 1.807) is 0 Å². The van der Waals surface area contributed by atoms with Crippen LogP contribution in [-0.2, 0) is 6.42 Å². The molecule has 90 valence electrons. The van der Waals surface area contributed by atoms with Gasteiger partial charge in [-0.2, -0.15) is 11.8 Å². The summed E-state index contributed by atoms with van der Waals surface area (Å²) in [5, 5.41) is 4.14. The van der Waals surface area contributed by atoms with Gasteiger partial charge in [-0.05, 0) is 31.5 Å². The van der Waals surface area contributed by atoms with Crippen LogP contribution in [0.2, 0.25) is 0 Å². The molecule has 16 heavy (non-hydrogen) atoms. The highest BCUT2D eigenvalue weighted by atomic mass is 32.2. The molecule has 0 aliphatic heterocycles. The van der Waals surface area contributed by atoms with Crippen LogP contribution >= 0.6 is 11.8 Å². The number of thioether (sulfide) groups is 1. The Bertz CT molecular complexity index is 277. The zero-order valence-electron chi connectivity index (χ0n) is 10.4. The van der Waals surface area contributed by atoms with Gasteiger partial charge < -0.3 is 5.32 Å². The van der Waals surface area contributed by atoms with Gasteiger partial charge in [0, 0.05) is 29.4 Å². The summed E-state index contributed by atoms with van der Waals surface area (Å²) in [5.41, 5.74) is 1.31. The van der Waals surface area contributed by atoms with Crippen molar-refractivity contribution in [2.45, 2.75) is 38.0 Å². The maximum absolute atomic E-state index is 4.15. The summed E-state index contributed by atoms with van der Waals surface area (Å²) in [6.07, 6.45) is 6.09. The molecule has 0 bridgehead atoms. The molecule has 3 heteroatoms. The van der Waals surface area contributed by atoms with Gasteiger partial charge in [0.1, 0.15) is 0 Å². The summed E-state index contributed by atoms with van der Waals surface area (Å²) in [5.74, 6) is 1.17. The van der Waals surface area contributed by atoms with Crippen molar-refractivity contribution >= 4 is 11.8 Å². The first-order valence-electron chi connectivity index (χ1n) is 5.94. The molecule has 0 spiro atoms. The highest BCUT2D eigenvalue weighted by Gasteiger charge is 2.09. The number of pyridine rings is 1. The highest BCUT2D eigenvalue weighted by molar-refractivity contribution is 7.99. The second-order valence-electron chi connectivity index (χ2n) is 4.10. The second-order valence-corrected chi connectivity index (χ2v) is 5.57. The topological polar surface area (TPSA) is 24.9 Å². The Morgan fingerprint density at radius 2 is 2.31 bits per heavy atom. The molecule has 1 heterocycles. The first-order valence-corrected chi connectivity index (χ1v) is 6.98. The average Bonchev–Trinajstić information content (AvgIpc) is 2.35. The van der Waals surface area contributed by atoms with Crippen molar-refractivity contribution < 1.29 is 0 Å². The summed E-state index contributed by atoms with van der Waals surface area (Å²) in [4.78, 5) is 4.15. The zero-order chi connectivity index (χ0) is 11.8. The molecule has 0 fully saturated rings. The van der Waals surface area contributed by atoms with E-state index in [2.05, 4.69) is 30.2 Å². The summed E-state index contributed by atoms with van der Waals surface area (Å²) >= 11 is 2.05. The van der Waals surface area contributed by atoms with Crippen LogP contribution < -0.4 is 5.32 Å². The van der Waals surface area contributed by atoms with E-state index in [1.165, 1.54) is 17.7 Å². The number of likely N-dealkylation sites (N-methyl/N-ethyl adjacent to an activating group) is 1. The van der Waals surface area contributed by atoms with E-state index < -0.39 is 0 Å². The molecule has 0 amide bonds. The van der Waals surface area contributed by atoms with Gasteiger partial charge in [-0.3, -0.25) is 4.98 Å². The van der Waals surface area contributed by atoms with Gasteiger partial charge in [-0.1, -0.05) is 19.9 Å². The molecule has 2 nitrogen and oxygen atoms in total. The van der Waals surface area contributed by atoms with Gasteiger partial charge in [-0.25, -0.2) is 0 Å². The summed E-state index contributed by atoms with van der Waals surface area (Å²) in [6.45, 7) is 4.54. The SMILES string of the molecule is CCC(C)SCC(Cc1cccnc1)NC. The molecule has 2 unspecified atom stereocenters. The van der Waals surface area contributed by atoms with Crippen molar-refractivity contribution in [3.05, 3.63) is 30.1 Å². The standard InChI is InChI=1S/C13H22N2S/c1-4-11(2)16-10-13(14-3)8-12-6-5-7-15-9-12/h5-7,9,11,13-14H,4,8,10H2,1-3H3. The van der Waals surface area contributed by atoms with Gasteiger partial charge in [-0.15, -0.1) is 0 Å². The predicted octanol–water partition coefficient (Wildman–Crippen LogP) is 2.74. The van der Waals surface area contributed by atoms with Crippen LogP contribution in [0.3, 0.4) is 0 Å². The minimum absolute atomic E-state index is 0.545. The van der Waals surface area contributed by atoms with Gasteiger partial charge in [0.25, 0.3) is 0 Å². The maximum Gasteiger partial charge on any atom is 0.0300 e. The second kappa shape index (κ2) is 7.69. The van der Waals surface area contributed by atoms with Crippen molar-refractivity contribution in [2.75, 3.05) is 12.8 Å². The zero-order valence-corrected chi connectivity index (χ0v) is 11.3. The molecule has 1 aromatic rings. The Hall–Kier alpha value is -0.540. The first-order chi connectivity index (χ1) is 7.76. The number of aromatic nitrogens is 1. The van der Waals surface area contributed by atoms with Gasteiger partial charge >= 0.3 is 0 Å². The van der Waals surface area contributed by atoms with E-state index in [1.807, 2.05) is 37.3 Å². The van der Waals surface area contributed by atoms with Crippen LogP contribution in [0.25, 0.3) is 0 Å². The smallest absolute Gasteiger partial charge is 0.0300 e. The Kier molecular flexibility index (Phi) is 6.50. The number of nitrogens with one attached hydrogen (secondary N) is 1. The third kappa shape index (κ3) is 4.99. The van der Waals surface area contributed by atoms with Crippen molar-refractivity contribution in [1.29, 1.82) is 0 Å². The third-order valence-corrected chi connectivity index (χ3v) is 4.27. The molecular weight excluding hydrogens is 216 g/mol. The predicted molar refractivity (Wildman–Crippen MR) is 73.0 cm³/mol. The van der Waals surface area contributed by atoms with E-state index in [0.29, 0.717) is 6.04 Å². The summed E-state index contributed by atoms with van der Waals surface area (Å²) in [6, 6.07) is 4.69. The molecule has 0 aromatic carbocycles. The highest BCUT2D eigenvalue weighted by Crippen LogP contribution is 2.16. The van der Waals surface area contributed by atoms with Crippen molar-refractivity contribution in [1.82, 2.24) is 10.3 Å². The lowest BCUT2D eigenvalue weighted by atomic mass is 10.1. The fourth-order valence-electron chi connectivity index (χ4n) is 1.45. The van der Waals surface area contributed by atoms with Gasteiger partial charge in [0.2, 0.25) is 0 Å². The number of hydrogen-bond acceptors (Lipinski definition) is 3. The lowest BCUT2D eigenvalue weighted by molar-refractivity contribution is 0.615. The Morgan fingerprint density at radius 3 is 2.88 bits per heavy atom. The normalized spacial score (nSPS) is 14.7. The minimum Gasteiger partial charge on any atom is -0.316 e. The summed E-state index contributed by atoms with van der Waals surface area (Å²) < 4.78 is 0. The molecule has 0 aliphatic rings. The van der Waals surface area contributed by atoms with Gasteiger partial charge in [0.05, 0.1) is 0 Å². The molecular formula is C13H22N2S. The van der Waals surface area contributed by atoms with E-state index in [-0.39, 0.29) is 0 Å². The Morgan fingerprint density at radius 1 is 1.50 bits per heavy atom. The number of rotatable bonds is 7. The van der Waals surface area contributed by atoms with Crippen LogP contribution in [0.5, 0.6) is 0 Å². The molecule has 0 aliphatic carbocycles. The lowest BCUT2D eigenvalue weighted by Gasteiger charge is -2.17. The van der Waals surface area contributed by atoms with Crippen LogP contribution in [-0.4, -0.2) is 29.1 Å². The molecule has 0 radical (unpaired) electrons. The minimum atomic E-state index is 0.545. The molecule has 1 aromatic heterocycles. The number of nitrogens with zero attached hydrogens (tertiary/aromatic N) is 1. The van der Waals surface area contributed by atoms with Crippen LogP contribution in [0, 0.1) is 0 Å². The van der Waals surface area contributed by atoms with E-state index in [9.17, 15) is 0 Å². The molecule has 1 rings (SSSR count). The van der Waals surface area contributed by atoms with Crippen LogP contribution in [0.15, 0.2) is 24.5 Å². The number of hydrogen-bond donors (Lipinski definition) is 1. The molecule has 0 saturated heterocycles. The third-order valence-electron chi connectivity index (χ3n) is 2.77. The monoisotopic (exact) mass is 238 g/mol. The Balaban J connectivity index is 2.37. The lowest BCUT2D eigenvalue weighted by Crippen LogP contribution is -2.30. The fourth-order valence-corrected chi connectivity index (χ4v) is 2.53. The average molecular weight is 238 g/mol. The van der Waals surface area contributed by atoms with Crippen LogP contribution in [0.1, 0.15) is 25.8 Å². The van der Waals surface area contributed by atoms with Crippen molar-refractivity contribution in [3.63, 3.8) is 0 Å². The largest absolute Gasteiger partial charge is 0.316 e. The van der Waals surface area contributed by atoms with Crippen LogP contribution in [0.4, 0.5) is 0 Å². The Labute approximate surface area is 103 Å². The van der Waals surface area contributed by atoms with E-state index in [0.717, 1.165) is 11.7 Å². The molecule has 2 atom stereocenters. The van der Waals surface area contributed by atoms with Crippen molar-refractivity contribution in [2.24, 2.45) is 0 Å². The van der Waals surface area contributed by atoms with E-state index in [4.69, 9.17) is 0 Å². The maximum atomic E-state index is 4.15. The van der Waals surface area contributed by atoms with Crippen molar-refractivity contribution in [3.8, 4) is 0 Å². The first kappa shape index (κ1) is 13.5.